The van der Waals surface area contributed by atoms with Crippen LogP contribution in [0, 0.1) is 17.6 Å². The molecule has 3 rings (SSSR count). The van der Waals surface area contributed by atoms with Crippen molar-refractivity contribution < 1.29 is 13.6 Å². The van der Waals surface area contributed by atoms with Crippen molar-refractivity contribution >= 4 is 6.03 Å². The van der Waals surface area contributed by atoms with Crippen LogP contribution in [0.4, 0.5) is 13.6 Å². The SMILES string of the molecule is CC(NC(=O)N1CCCCC1C1CNNC1)c1cccc(F)c1F. The van der Waals surface area contributed by atoms with Crippen LogP contribution in [0.5, 0.6) is 0 Å². The molecular formula is C17H24F2N4O. The summed E-state index contributed by atoms with van der Waals surface area (Å²) in [5.74, 6) is -1.42. The van der Waals surface area contributed by atoms with E-state index in [0.29, 0.717) is 12.5 Å². The molecule has 1 aromatic rings. The monoisotopic (exact) mass is 338 g/mol. The molecule has 0 saturated carbocycles. The van der Waals surface area contributed by atoms with Crippen molar-refractivity contribution in [1.29, 1.82) is 0 Å². The van der Waals surface area contributed by atoms with Crippen molar-refractivity contribution in [3.8, 4) is 0 Å². The van der Waals surface area contributed by atoms with Gasteiger partial charge in [0, 0.05) is 37.2 Å². The van der Waals surface area contributed by atoms with Gasteiger partial charge in [-0.1, -0.05) is 12.1 Å². The lowest BCUT2D eigenvalue weighted by Crippen LogP contribution is -2.52. The van der Waals surface area contributed by atoms with Crippen LogP contribution in [0.2, 0.25) is 0 Å². The molecule has 2 fully saturated rings. The van der Waals surface area contributed by atoms with Gasteiger partial charge in [0.15, 0.2) is 11.6 Å². The summed E-state index contributed by atoms with van der Waals surface area (Å²) in [7, 11) is 0. The fourth-order valence-corrected chi connectivity index (χ4v) is 3.65. The Morgan fingerprint density at radius 1 is 1.29 bits per heavy atom. The molecule has 2 saturated heterocycles. The number of hydrogen-bond acceptors (Lipinski definition) is 3. The molecule has 5 nitrogen and oxygen atoms in total. The number of nitrogens with zero attached hydrogens (tertiary/aromatic N) is 1. The van der Waals surface area contributed by atoms with Crippen LogP contribution in [0.15, 0.2) is 18.2 Å². The smallest absolute Gasteiger partial charge is 0.318 e. The fraction of sp³-hybridized carbons (Fsp3) is 0.588. The van der Waals surface area contributed by atoms with Gasteiger partial charge in [-0.15, -0.1) is 0 Å². The average Bonchev–Trinajstić information content (AvgIpc) is 3.11. The lowest BCUT2D eigenvalue weighted by atomic mass is 9.91. The third-order valence-corrected chi connectivity index (χ3v) is 5.00. The maximum Gasteiger partial charge on any atom is 0.318 e. The molecule has 2 amide bonds. The van der Waals surface area contributed by atoms with Crippen LogP contribution in [0.1, 0.15) is 37.8 Å². The molecule has 132 valence electrons. The van der Waals surface area contributed by atoms with Crippen molar-refractivity contribution in [2.24, 2.45) is 5.92 Å². The van der Waals surface area contributed by atoms with Gasteiger partial charge in [-0.05, 0) is 32.3 Å². The van der Waals surface area contributed by atoms with E-state index in [4.69, 9.17) is 0 Å². The highest BCUT2D eigenvalue weighted by atomic mass is 19.2. The average molecular weight is 338 g/mol. The predicted octanol–water partition coefficient (Wildman–Crippen LogP) is 2.31. The Labute approximate surface area is 140 Å². The van der Waals surface area contributed by atoms with E-state index in [0.717, 1.165) is 38.4 Å². The number of rotatable bonds is 3. The highest BCUT2D eigenvalue weighted by Gasteiger charge is 2.35. The third-order valence-electron chi connectivity index (χ3n) is 5.00. The summed E-state index contributed by atoms with van der Waals surface area (Å²) in [6.07, 6.45) is 3.06. The first-order valence-corrected chi connectivity index (χ1v) is 8.54. The zero-order valence-electron chi connectivity index (χ0n) is 13.8. The second-order valence-corrected chi connectivity index (χ2v) is 6.59. The summed E-state index contributed by atoms with van der Waals surface area (Å²) in [4.78, 5) is 14.6. The first-order valence-electron chi connectivity index (χ1n) is 8.54. The van der Waals surface area contributed by atoms with Gasteiger partial charge in [-0.3, -0.25) is 10.9 Å². The summed E-state index contributed by atoms with van der Waals surface area (Å²) >= 11 is 0. The minimum absolute atomic E-state index is 0.168. The number of nitrogens with one attached hydrogen (secondary N) is 3. The number of urea groups is 1. The van der Waals surface area contributed by atoms with Crippen molar-refractivity contribution in [2.45, 2.75) is 38.3 Å². The molecule has 24 heavy (non-hydrogen) atoms. The number of halogens is 2. The molecule has 0 aromatic heterocycles. The number of amides is 2. The first-order chi connectivity index (χ1) is 11.6. The Morgan fingerprint density at radius 2 is 2.04 bits per heavy atom. The quantitative estimate of drug-likeness (QED) is 0.793. The molecule has 2 atom stereocenters. The number of hydrogen-bond donors (Lipinski definition) is 3. The molecule has 2 aliphatic heterocycles. The summed E-state index contributed by atoms with van der Waals surface area (Å²) in [6, 6.07) is 3.41. The van der Waals surface area contributed by atoms with Gasteiger partial charge >= 0.3 is 6.03 Å². The number of benzene rings is 1. The van der Waals surface area contributed by atoms with Gasteiger partial charge in [-0.25, -0.2) is 13.6 Å². The van der Waals surface area contributed by atoms with Crippen LogP contribution >= 0.6 is 0 Å². The van der Waals surface area contributed by atoms with Gasteiger partial charge in [-0.2, -0.15) is 0 Å². The molecule has 0 bridgehead atoms. The Bertz CT molecular complexity index is 592. The van der Waals surface area contributed by atoms with Crippen LogP contribution in [-0.2, 0) is 0 Å². The molecule has 7 heteroatoms. The number of carbonyl (C=O) groups is 1. The van der Waals surface area contributed by atoms with E-state index in [-0.39, 0.29) is 17.6 Å². The third kappa shape index (κ3) is 3.52. The van der Waals surface area contributed by atoms with E-state index >= 15 is 0 Å². The number of carbonyl (C=O) groups excluding carboxylic acids is 1. The molecule has 0 spiro atoms. The molecule has 1 aromatic carbocycles. The van der Waals surface area contributed by atoms with E-state index in [2.05, 4.69) is 16.2 Å². The van der Waals surface area contributed by atoms with E-state index in [1.807, 2.05) is 4.90 Å². The van der Waals surface area contributed by atoms with Crippen molar-refractivity contribution in [2.75, 3.05) is 19.6 Å². The topological polar surface area (TPSA) is 56.4 Å². The molecule has 2 unspecified atom stereocenters. The summed E-state index contributed by atoms with van der Waals surface area (Å²) in [5.41, 5.74) is 6.39. The Kier molecular flexibility index (Phi) is 5.30. The second-order valence-electron chi connectivity index (χ2n) is 6.59. The van der Waals surface area contributed by atoms with Crippen LogP contribution < -0.4 is 16.2 Å². The number of hydrazine groups is 1. The molecular weight excluding hydrogens is 314 g/mol. The Balaban J connectivity index is 1.69. The molecule has 2 heterocycles. The van der Waals surface area contributed by atoms with E-state index in [1.54, 1.807) is 6.92 Å². The lowest BCUT2D eigenvalue weighted by Gasteiger charge is -2.39. The maximum absolute atomic E-state index is 13.9. The van der Waals surface area contributed by atoms with Gasteiger partial charge in [0.2, 0.25) is 0 Å². The predicted molar refractivity (Wildman–Crippen MR) is 87.1 cm³/mol. The Hall–Kier alpha value is -1.73. The van der Waals surface area contributed by atoms with Crippen LogP contribution in [-0.4, -0.2) is 36.6 Å². The normalized spacial score (nSPS) is 23.3. The lowest BCUT2D eigenvalue weighted by molar-refractivity contribution is 0.124. The standard InChI is InChI=1S/C17H24F2N4O/c1-11(13-5-4-6-14(18)16(13)19)22-17(24)23-8-3-2-7-15(23)12-9-20-21-10-12/h4-6,11-12,15,20-21H,2-3,7-10H2,1H3,(H,22,24). The zero-order chi connectivity index (χ0) is 17.1. The minimum atomic E-state index is -0.898. The molecule has 0 radical (unpaired) electrons. The highest BCUT2D eigenvalue weighted by molar-refractivity contribution is 5.75. The largest absolute Gasteiger partial charge is 0.331 e. The Morgan fingerprint density at radius 3 is 2.79 bits per heavy atom. The highest BCUT2D eigenvalue weighted by Crippen LogP contribution is 2.25. The van der Waals surface area contributed by atoms with Gasteiger partial charge in [0.25, 0.3) is 0 Å². The van der Waals surface area contributed by atoms with E-state index < -0.39 is 17.7 Å². The first kappa shape index (κ1) is 17.1. The van der Waals surface area contributed by atoms with E-state index in [1.165, 1.54) is 12.1 Å². The van der Waals surface area contributed by atoms with Gasteiger partial charge in [0.1, 0.15) is 0 Å². The van der Waals surface area contributed by atoms with E-state index in [9.17, 15) is 13.6 Å². The van der Waals surface area contributed by atoms with Gasteiger partial charge < -0.3 is 10.2 Å². The van der Waals surface area contributed by atoms with Crippen LogP contribution in [0.25, 0.3) is 0 Å². The minimum Gasteiger partial charge on any atom is -0.331 e. The number of piperidine rings is 1. The van der Waals surface area contributed by atoms with Crippen molar-refractivity contribution in [3.05, 3.63) is 35.4 Å². The summed E-state index contributed by atoms with van der Waals surface area (Å²) < 4.78 is 27.3. The molecule has 2 aliphatic rings. The molecule has 0 aliphatic carbocycles. The fourth-order valence-electron chi connectivity index (χ4n) is 3.65. The zero-order valence-corrected chi connectivity index (χ0v) is 13.8. The summed E-state index contributed by atoms with van der Waals surface area (Å²) in [5, 5.41) is 2.83. The maximum atomic E-state index is 13.9. The molecule has 3 N–H and O–H groups in total. The van der Waals surface area contributed by atoms with Crippen molar-refractivity contribution in [1.82, 2.24) is 21.1 Å². The van der Waals surface area contributed by atoms with Crippen LogP contribution in [0.3, 0.4) is 0 Å². The number of likely N-dealkylation sites (tertiary alicyclic amines) is 1. The second kappa shape index (κ2) is 7.44. The summed E-state index contributed by atoms with van der Waals surface area (Å²) in [6.45, 7) is 4.05. The van der Waals surface area contributed by atoms with Gasteiger partial charge in [0.05, 0.1) is 6.04 Å². The van der Waals surface area contributed by atoms with Crippen molar-refractivity contribution in [3.63, 3.8) is 0 Å².